The number of aliphatic hydroxyl groups is 1. The number of carbonyl (C=O) groups excluding carboxylic acids is 1. The SMILES string of the molecule is CC(C)(C)C(=O)C(O)(OS(C)(=O)=O)c1ccccc1. The molecule has 1 aromatic rings. The second-order valence-corrected chi connectivity index (χ2v) is 6.95. The highest BCUT2D eigenvalue weighted by molar-refractivity contribution is 7.86. The lowest BCUT2D eigenvalue weighted by Crippen LogP contribution is -2.46. The number of carbonyl (C=O) groups is 1. The van der Waals surface area contributed by atoms with Crippen molar-refractivity contribution in [1.29, 1.82) is 0 Å². The molecule has 19 heavy (non-hydrogen) atoms. The van der Waals surface area contributed by atoms with E-state index in [9.17, 15) is 18.3 Å². The normalized spacial score (nSPS) is 15.8. The summed E-state index contributed by atoms with van der Waals surface area (Å²) in [6.07, 6.45) is 0.789. The molecular formula is C13H18O5S. The van der Waals surface area contributed by atoms with Crippen molar-refractivity contribution in [2.45, 2.75) is 26.6 Å². The van der Waals surface area contributed by atoms with Gasteiger partial charge in [0.15, 0.2) is 0 Å². The molecule has 1 rings (SSSR count). The lowest BCUT2D eigenvalue weighted by molar-refractivity contribution is -0.183. The average Bonchev–Trinajstić information content (AvgIpc) is 2.25. The molecule has 0 saturated carbocycles. The van der Waals surface area contributed by atoms with Crippen molar-refractivity contribution in [3.8, 4) is 0 Å². The summed E-state index contributed by atoms with van der Waals surface area (Å²) in [5, 5.41) is 10.5. The van der Waals surface area contributed by atoms with Gasteiger partial charge in [0, 0.05) is 11.0 Å². The Morgan fingerprint density at radius 1 is 1.16 bits per heavy atom. The van der Waals surface area contributed by atoms with Crippen molar-refractivity contribution in [2.24, 2.45) is 5.41 Å². The van der Waals surface area contributed by atoms with Crippen LogP contribution in [0.3, 0.4) is 0 Å². The fourth-order valence-corrected chi connectivity index (χ4v) is 2.22. The van der Waals surface area contributed by atoms with Crippen LogP contribution >= 0.6 is 0 Å². The van der Waals surface area contributed by atoms with Gasteiger partial charge in [-0.15, -0.1) is 0 Å². The first-order chi connectivity index (χ1) is 8.47. The quantitative estimate of drug-likeness (QED) is 0.669. The Morgan fingerprint density at radius 2 is 1.63 bits per heavy atom. The number of rotatable bonds is 4. The van der Waals surface area contributed by atoms with E-state index in [1.54, 1.807) is 39.0 Å². The van der Waals surface area contributed by atoms with E-state index in [2.05, 4.69) is 4.18 Å². The number of hydrogen-bond donors (Lipinski definition) is 1. The second-order valence-electron chi connectivity index (χ2n) is 5.38. The molecule has 0 fully saturated rings. The summed E-state index contributed by atoms with van der Waals surface area (Å²) in [5.74, 6) is -3.23. The molecule has 1 unspecified atom stereocenters. The van der Waals surface area contributed by atoms with E-state index in [1.807, 2.05) is 0 Å². The van der Waals surface area contributed by atoms with Crippen LogP contribution in [0, 0.1) is 5.41 Å². The third-order valence-electron chi connectivity index (χ3n) is 2.43. The van der Waals surface area contributed by atoms with Gasteiger partial charge in [-0.05, 0) is 0 Å². The van der Waals surface area contributed by atoms with Crippen molar-refractivity contribution in [3.05, 3.63) is 35.9 Å². The molecule has 0 heterocycles. The standard InChI is InChI=1S/C13H18O5S/c1-12(2,3)11(14)13(15,18-19(4,16)17)10-8-6-5-7-9-10/h5-9,15H,1-4H3. The zero-order valence-corrected chi connectivity index (χ0v) is 12.2. The van der Waals surface area contributed by atoms with Gasteiger partial charge in [-0.1, -0.05) is 51.1 Å². The van der Waals surface area contributed by atoms with Crippen LogP contribution in [0.1, 0.15) is 26.3 Å². The zero-order valence-electron chi connectivity index (χ0n) is 11.4. The maximum Gasteiger partial charge on any atom is 0.270 e. The summed E-state index contributed by atoms with van der Waals surface area (Å²) >= 11 is 0. The van der Waals surface area contributed by atoms with E-state index in [4.69, 9.17) is 0 Å². The number of hydrogen-bond acceptors (Lipinski definition) is 5. The predicted octanol–water partition coefficient (Wildman–Crippen LogP) is 1.42. The van der Waals surface area contributed by atoms with Crippen molar-refractivity contribution in [2.75, 3.05) is 6.26 Å². The van der Waals surface area contributed by atoms with Crippen LogP contribution in [0.4, 0.5) is 0 Å². The summed E-state index contributed by atoms with van der Waals surface area (Å²) in [4.78, 5) is 12.3. The van der Waals surface area contributed by atoms with Crippen LogP contribution in [-0.2, 0) is 24.9 Å². The van der Waals surface area contributed by atoms with E-state index in [0.29, 0.717) is 0 Å². The van der Waals surface area contributed by atoms with Crippen LogP contribution < -0.4 is 0 Å². The van der Waals surface area contributed by atoms with Crippen molar-refractivity contribution in [1.82, 2.24) is 0 Å². The van der Waals surface area contributed by atoms with Gasteiger partial charge >= 0.3 is 0 Å². The first kappa shape index (κ1) is 15.8. The van der Waals surface area contributed by atoms with Gasteiger partial charge in [-0.25, -0.2) is 4.18 Å². The Balaban J connectivity index is 3.39. The molecule has 0 aliphatic rings. The molecule has 1 aromatic carbocycles. The molecule has 0 aliphatic heterocycles. The molecule has 0 aromatic heterocycles. The summed E-state index contributed by atoms with van der Waals surface area (Å²) in [7, 11) is -4.01. The Morgan fingerprint density at radius 3 is 2.00 bits per heavy atom. The van der Waals surface area contributed by atoms with Gasteiger partial charge in [-0.2, -0.15) is 8.42 Å². The Labute approximate surface area is 113 Å². The summed E-state index contributed by atoms with van der Waals surface area (Å²) in [5.41, 5.74) is -0.879. The van der Waals surface area contributed by atoms with E-state index in [1.165, 1.54) is 12.1 Å². The lowest BCUT2D eigenvalue weighted by atomic mass is 9.83. The Hall–Kier alpha value is -1.24. The third-order valence-corrected chi connectivity index (χ3v) is 2.97. The van der Waals surface area contributed by atoms with Gasteiger partial charge in [0.25, 0.3) is 15.9 Å². The van der Waals surface area contributed by atoms with E-state index >= 15 is 0 Å². The molecule has 5 nitrogen and oxygen atoms in total. The lowest BCUT2D eigenvalue weighted by Gasteiger charge is -2.31. The fraction of sp³-hybridized carbons (Fsp3) is 0.462. The maximum atomic E-state index is 12.3. The second kappa shape index (κ2) is 5.03. The fourth-order valence-electron chi connectivity index (χ4n) is 1.61. The molecule has 0 bridgehead atoms. The Kier molecular flexibility index (Phi) is 4.19. The van der Waals surface area contributed by atoms with Gasteiger partial charge in [0.05, 0.1) is 6.26 Å². The molecule has 1 atom stereocenters. The minimum Gasteiger partial charge on any atom is -0.355 e. The molecule has 6 heteroatoms. The van der Waals surface area contributed by atoms with E-state index in [-0.39, 0.29) is 5.56 Å². The van der Waals surface area contributed by atoms with Crippen molar-refractivity contribution < 1.29 is 22.5 Å². The monoisotopic (exact) mass is 286 g/mol. The Bertz CT molecular complexity index is 556. The van der Waals surface area contributed by atoms with E-state index < -0.39 is 27.1 Å². The summed E-state index contributed by atoms with van der Waals surface area (Å²) in [6.45, 7) is 4.73. The number of Topliss-reactive ketones (excluding diaryl/α,β-unsaturated/α-hetero) is 1. The minimum atomic E-state index is -4.01. The minimum absolute atomic E-state index is 0.0837. The highest BCUT2D eigenvalue weighted by Crippen LogP contribution is 2.33. The molecule has 1 N–H and O–H groups in total. The molecule has 106 valence electrons. The molecular weight excluding hydrogens is 268 g/mol. The van der Waals surface area contributed by atoms with Gasteiger partial charge in [-0.3, -0.25) is 4.79 Å². The van der Waals surface area contributed by atoms with Crippen LogP contribution in [0.15, 0.2) is 30.3 Å². The first-order valence-corrected chi connectivity index (χ1v) is 7.52. The van der Waals surface area contributed by atoms with E-state index in [0.717, 1.165) is 6.26 Å². The van der Waals surface area contributed by atoms with Crippen molar-refractivity contribution >= 4 is 15.9 Å². The van der Waals surface area contributed by atoms with Crippen LogP contribution in [-0.4, -0.2) is 25.6 Å². The smallest absolute Gasteiger partial charge is 0.270 e. The van der Waals surface area contributed by atoms with Gasteiger partial charge < -0.3 is 5.11 Å². The van der Waals surface area contributed by atoms with Crippen LogP contribution in [0.25, 0.3) is 0 Å². The summed E-state index contributed by atoms with van der Waals surface area (Å²) < 4.78 is 27.3. The predicted molar refractivity (Wildman–Crippen MR) is 70.7 cm³/mol. The average molecular weight is 286 g/mol. The van der Waals surface area contributed by atoms with Gasteiger partial charge in [0.1, 0.15) is 0 Å². The molecule has 0 saturated heterocycles. The van der Waals surface area contributed by atoms with Crippen LogP contribution in [0.5, 0.6) is 0 Å². The molecule has 0 radical (unpaired) electrons. The topological polar surface area (TPSA) is 80.7 Å². The molecule has 0 spiro atoms. The highest BCUT2D eigenvalue weighted by atomic mass is 32.2. The third kappa shape index (κ3) is 3.86. The molecule has 0 aliphatic carbocycles. The number of ketones is 1. The zero-order chi connectivity index (χ0) is 14.9. The maximum absolute atomic E-state index is 12.3. The van der Waals surface area contributed by atoms with Crippen molar-refractivity contribution in [3.63, 3.8) is 0 Å². The number of benzene rings is 1. The van der Waals surface area contributed by atoms with Crippen LogP contribution in [0.2, 0.25) is 0 Å². The highest BCUT2D eigenvalue weighted by Gasteiger charge is 2.47. The summed E-state index contributed by atoms with van der Waals surface area (Å²) in [6, 6.07) is 7.74. The first-order valence-electron chi connectivity index (χ1n) is 5.70. The molecule has 0 amide bonds. The van der Waals surface area contributed by atoms with Gasteiger partial charge in [0.2, 0.25) is 5.78 Å². The largest absolute Gasteiger partial charge is 0.355 e.